The number of nitrogens with zero attached hydrogens (tertiary/aromatic N) is 1. The fourth-order valence-corrected chi connectivity index (χ4v) is 0.545. The molecule has 0 aromatic carbocycles. The number of esters is 1. The van der Waals surface area contributed by atoms with Crippen molar-refractivity contribution >= 4 is 12.2 Å². The highest BCUT2D eigenvalue weighted by Crippen LogP contribution is 1.96. The first-order valence-electron chi connectivity index (χ1n) is 4.03. The number of rotatable bonds is 3. The minimum absolute atomic E-state index is 0.382. The largest absolute Gasteiger partial charge is 0.466 e. The van der Waals surface area contributed by atoms with Gasteiger partial charge in [-0.25, -0.2) is 4.79 Å². The van der Waals surface area contributed by atoms with Crippen LogP contribution in [0.3, 0.4) is 0 Å². The van der Waals surface area contributed by atoms with Crippen molar-refractivity contribution in [3.05, 3.63) is 23.4 Å². The van der Waals surface area contributed by atoms with E-state index in [1.54, 1.807) is 13.1 Å². The summed E-state index contributed by atoms with van der Waals surface area (Å²) < 4.78 is 4.45. The van der Waals surface area contributed by atoms with Crippen LogP contribution in [0.15, 0.2) is 28.4 Å². The molecule has 0 aliphatic heterocycles. The molecule has 3 heteroatoms. The molecule has 0 aliphatic carbocycles. The highest BCUT2D eigenvalue weighted by atomic mass is 16.5. The van der Waals surface area contributed by atoms with Crippen LogP contribution in [0.5, 0.6) is 0 Å². The summed E-state index contributed by atoms with van der Waals surface area (Å²) in [6.45, 7) is 5.62. The third-order valence-electron chi connectivity index (χ3n) is 1.46. The van der Waals surface area contributed by atoms with Gasteiger partial charge in [0.2, 0.25) is 0 Å². The molecule has 0 atom stereocenters. The Hall–Kier alpha value is -1.38. The van der Waals surface area contributed by atoms with Crippen molar-refractivity contribution in [1.29, 1.82) is 0 Å². The first kappa shape index (κ1) is 11.6. The Morgan fingerprint density at radius 1 is 1.38 bits per heavy atom. The Balaban J connectivity index is 4.29. The highest BCUT2D eigenvalue weighted by Gasteiger charge is 1.93. The normalized spacial score (nSPS) is 13.5. The summed E-state index contributed by atoms with van der Waals surface area (Å²) in [7, 11) is 1.34. The lowest BCUT2D eigenvalue weighted by atomic mass is 10.3. The summed E-state index contributed by atoms with van der Waals surface area (Å²) in [5.74, 6) is -0.382. The topological polar surface area (TPSA) is 38.7 Å². The SMILES string of the molecule is CC=C(C)C=N/C(C)=C\C(=O)OC. The second-order valence-corrected chi connectivity index (χ2v) is 2.60. The Kier molecular flexibility index (Phi) is 5.52. The molecule has 0 aromatic rings. The molecule has 0 rings (SSSR count). The highest BCUT2D eigenvalue weighted by molar-refractivity contribution is 5.84. The number of aliphatic imine (C=N–C) groups is 1. The van der Waals surface area contributed by atoms with Gasteiger partial charge in [-0.1, -0.05) is 6.08 Å². The predicted octanol–water partition coefficient (Wildman–Crippen LogP) is 2.10. The van der Waals surface area contributed by atoms with Gasteiger partial charge in [0.15, 0.2) is 0 Å². The zero-order valence-electron chi connectivity index (χ0n) is 8.50. The molecule has 0 radical (unpaired) electrons. The summed E-state index contributed by atoms with van der Waals surface area (Å²) in [5, 5.41) is 0. The van der Waals surface area contributed by atoms with Gasteiger partial charge in [0.1, 0.15) is 0 Å². The summed E-state index contributed by atoms with van der Waals surface area (Å²) >= 11 is 0. The molecule has 0 spiro atoms. The molecule has 0 aliphatic rings. The third-order valence-corrected chi connectivity index (χ3v) is 1.46. The van der Waals surface area contributed by atoms with E-state index in [0.29, 0.717) is 5.70 Å². The van der Waals surface area contributed by atoms with E-state index in [1.807, 2.05) is 19.9 Å². The third kappa shape index (κ3) is 5.84. The van der Waals surface area contributed by atoms with Gasteiger partial charge in [0.25, 0.3) is 0 Å². The van der Waals surface area contributed by atoms with Crippen molar-refractivity contribution in [3.63, 3.8) is 0 Å². The zero-order valence-corrected chi connectivity index (χ0v) is 8.50. The lowest BCUT2D eigenvalue weighted by molar-refractivity contribution is -0.134. The molecule has 0 heterocycles. The summed E-state index contributed by atoms with van der Waals surface area (Å²) in [5.41, 5.74) is 1.69. The van der Waals surface area contributed by atoms with Crippen molar-refractivity contribution in [2.75, 3.05) is 7.11 Å². The van der Waals surface area contributed by atoms with Crippen LogP contribution in [0.2, 0.25) is 0 Å². The van der Waals surface area contributed by atoms with Crippen molar-refractivity contribution in [1.82, 2.24) is 0 Å². The minimum Gasteiger partial charge on any atom is -0.466 e. The molecule has 0 N–H and O–H groups in total. The van der Waals surface area contributed by atoms with Gasteiger partial charge in [-0.15, -0.1) is 0 Å². The summed E-state index contributed by atoms with van der Waals surface area (Å²) in [4.78, 5) is 14.8. The molecule has 0 amide bonds. The molecule has 0 fully saturated rings. The van der Waals surface area contributed by atoms with Crippen LogP contribution in [0.1, 0.15) is 20.8 Å². The van der Waals surface area contributed by atoms with E-state index in [9.17, 15) is 4.79 Å². The van der Waals surface area contributed by atoms with Crippen LogP contribution in [0.25, 0.3) is 0 Å². The molecule has 0 unspecified atom stereocenters. The molecule has 3 nitrogen and oxygen atoms in total. The Labute approximate surface area is 78.8 Å². The quantitative estimate of drug-likeness (QED) is 0.380. The van der Waals surface area contributed by atoms with E-state index in [0.717, 1.165) is 5.57 Å². The fourth-order valence-electron chi connectivity index (χ4n) is 0.545. The Morgan fingerprint density at radius 3 is 2.46 bits per heavy atom. The maximum absolute atomic E-state index is 10.7. The molecule has 0 saturated carbocycles. The van der Waals surface area contributed by atoms with Gasteiger partial charge < -0.3 is 4.74 Å². The first-order valence-corrected chi connectivity index (χ1v) is 4.03. The second kappa shape index (κ2) is 6.17. The van der Waals surface area contributed by atoms with Crippen molar-refractivity contribution in [2.24, 2.45) is 4.99 Å². The van der Waals surface area contributed by atoms with Crippen LogP contribution >= 0.6 is 0 Å². The second-order valence-electron chi connectivity index (χ2n) is 2.60. The van der Waals surface area contributed by atoms with Gasteiger partial charge >= 0.3 is 5.97 Å². The average molecular weight is 181 g/mol. The number of hydrogen-bond acceptors (Lipinski definition) is 3. The molecule has 72 valence electrons. The molecule has 13 heavy (non-hydrogen) atoms. The zero-order chi connectivity index (χ0) is 10.3. The van der Waals surface area contributed by atoms with E-state index in [2.05, 4.69) is 9.73 Å². The Bertz CT molecular complexity index is 262. The van der Waals surface area contributed by atoms with E-state index < -0.39 is 0 Å². The average Bonchev–Trinajstić information content (AvgIpc) is 2.13. The fraction of sp³-hybridized carbons (Fsp3) is 0.400. The minimum atomic E-state index is -0.382. The van der Waals surface area contributed by atoms with Crippen molar-refractivity contribution < 1.29 is 9.53 Å². The monoisotopic (exact) mass is 181 g/mol. The number of allylic oxidation sites excluding steroid dienone is 3. The van der Waals surface area contributed by atoms with E-state index in [-0.39, 0.29) is 5.97 Å². The number of carbonyl (C=O) groups is 1. The van der Waals surface area contributed by atoms with Crippen LogP contribution in [-0.4, -0.2) is 19.3 Å². The van der Waals surface area contributed by atoms with Crippen molar-refractivity contribution in [2.45, 2.75) is 20.8 Å². The molecular formula is C10H15NO2. The van der Waals surface area contributed by atoms with Gasteiger partial charge in [0, 0.05) is 18.0 Å². The summed E-state index contributed by atoms with van der Waals surface area (Å²) in [6.07, 6.45) is 4.99. The molecular weight excluding hydrogens is 166 g/mol. The first-order chi connectivity index (χ1) is 6.10. The Morgan fingerprint density at radius 2 is 2.00 bits per heavy atom. The van der Waals surface area contributed by atoms with Crippen LogP contribution in [0, 0.1) is 0 Å². The van der Waals surface area contributed by atoms with Crippen molar-refractivity contribution in [3.8, 4) is 0 Å². The van der Waals surface area contributed by atoms with Gasteiger partial charge in [-0.3, -0.25) is 4.99 Å². The molecule has 0 bridgehead atoms. The van der Waals surface area contributed by atoms with Crippen LogP contribution in [-0.2, 0) is 9.53 Å². The lowest BCUT2D eigenvalue weighted by Crippen LogP contribution is -1.95. The molecule has 0 saturated heterocycles. The van der Waals surface area contributed by atoms with Gasteiger partial charge in [0.05, 0.1) is 7.11 Å². The maximum Gasteiger partial charge on any atom is 0.332 e. The lowest BCUT2D eigenvalue weighted by Gasteiger charge is -1.93. The molecule has 0 aromatic heterocycles. The number of hydrogen-bond donors (Lipinski definition) is 0. The number of carbonyl (C=O) groups excluding carboxylic acids is 1. The van der Waals surface area contributed by atoms with Crippen LogP contribution in [0.4, 0.5) is 0 Å². The number of methoxy groups -OCH3 is 1. The predicted molar refractivity (Wildman–Crippen MR) is 53.7 cm³/mol. The van der Waals surface area contributed by atoms with Crippen LogP contribution < -0.4 is 0 Å². The van der Waals surface area contributed by atoms with E-state index in [1.165, 1.54) is 13.2 Å². The van der Waals surface area contributed by atoms with E-state index in [4.69, 9.17) is 0 Å². The standard InChI is InChI=1S/C10H15NO2/c1-5-8(2)7-11-9(3)6-10(12)13-4/h5-7H,1-4H3/b8-5?,9-6-,11-7?. The summed E-state index contributed by atoms with van der Waals surface area (Å²) in [6, 6.07) is 0. The number of ether oxygens (including phenoxy) is 1. The van der Waals surface area contributed by atoms with E-state index >= 15 is 0 Å². The maximum atomic E-state index is 10.7. The van der Waals surface area contributed by atoms with Gasteiger partial charge in [-0.05, 0) is 26.3 Å². The smallest absolute Gasteiger partial charge is 0.332 e. The van der Waals surface area contributed by atoms with Gasteiger partial charge in [-0.2, -0.15) is 0 Å².